The van der Waals surface area contributed by atoms with Crippen LogP contribution in [0.1, 0.15) is 18.4 Å². The molecule has 0 saturated carbocycles. The van der Waals surface area contributed by atoms with Crippen LogP contribution in [0.3, 0.4) is 0 Å². The lowest BCUT2D eigenvalue weighted by molar-refractivity contribution is -0.131. The van der Waals surface area contributed by atoms with Gasteiger partial charge in [-0.15, -0.1) is 0 Å². The predicted octanol–water partition coefficient (Wildman–Crippen LogP) is 4.04. The molecule has 29 heavy (non-hydrogen) atoms. The van der Waals surface area contributed by atoms with Crippen molar-refractivity contribution in [3.63, 3.8) is 0 Å². The molecule has 1 aliphatic rings. The van der Waals surface area contributed by atoms with E-state index < -0.39 is 0 Å². The fraction of sp³-hybridized carbons (Fsp3) is 0.333. The second kappa shape index (κ2) is 8.95. The molecular weight excluding hydrogens is 362 g/mol. The highest BCUT2D eigenvalue weighted by molar-refractivity contribution is 5.78. The summed E-state index contributed by atoms with van der Waals surface area (Å²) in [5, 5.41) is 0. The van der Waals surface area contributed by atoms with Gasteiger partial charge < -0.3 is 14.2 Å². The van der Waals surface area contributed by atoms with Crippen LogP contribution in [-0.2, 0) is 17.8 Å². The summed E-state index contributed by atoms with van der Waals surface area (Å²) in [5.41, 5.74) is 2.17. The maximum atomic E-state index is 12.7. The van der Waals surface area contributed by atoms with Gasteiger partial charge >= 0.3 is 0 Å². The van der Waals surface area contributed by atoms with E-state index in [1.165, 1.54) is 0 Å². The number of carbonyl (C=O) groups is 1. The Morgan fingerprint density at radius 3 is 2.48 bits per heavy atom. The monoisotopic (exact) mass is 389 g/mol. The predicted molar refractivity (Wildman–Crippen MR) is 114 cm³/mol. The number of ether oxygens (including phenoxy) is 1. The van der Waals surface area contributed by atoms with Gasteiger partial charge in [0.1, 0.15) is 11.6 Å². The summed E-state index contributed by atoms with van der Waals surface area (Å²) in [4.78, 5) is 19.2. The molecule has 0 aliphatic carbocycles. The van der Waals surface area contributed by atoms with Crippen LogP contribution in [0.2, 0.25) is 0 Å². The minimum Gasteiger partial charge on any atom is -0.497 e. The van der Waals surface area contributed by atoms with Crippen molar-refractivity contribution in [3.05, 3.63) is 72.6 Å². The lowest BCUT2D eigenvalue weighted by atomic mass is 9.96. The number of hydrogen-bond acceptors (Lipinski definition) is 3. The highest BCUT2D eigenvalue weighted by Gasteiger charge is 2.23. The first kappa shape index (κ1) is 19.2. The zero-order valence-corrected chi connectivity index (χ0v) is 16.8. The van der Waals surface area contributed by atoms with Crippen LogP contribution in [-0.4, -0.2) is 40.6 Å². The molecule has 3 aromatic rings. The molecule has 0 bridgehead atoms. The Balaban J connectivity index is 1.31. The Kier molecular flexibility index (Phi) is 5.94. The number of rotatable bonds is 6. The van der Waals surface area contributed by atoms with Crippen LogP contribution in [0.15, 0.2) is 67.0 Å². The molecule has 0 N–H and O–H groups in total. The number of hydrogen-bond donors (Lipinski definition) is 0. The normalized spacial score (nSPS) is 14.7. The van der Waals surface area contributed by atoms with Crippen molar-refractivity contribution in [2.45, 2.75) is 25.8 Å². The third-order valence-corrected chi connectivity index (χ3v) is 5.68. The van der Waals surface area contributed by atoms with Gasteiger partial charge in [-0.3, -0.25) is 4.79 Å². The molecule has 0 unspecified atom stereocenters. The van der Waals surface area contributed by atoms with Gasteiger partial charge in [0.05, 0.1) is 13.5 Å². The maximum absolute atomic E-state index is 12.7. The zero-order chi connectivity index (χ0) is 20.1. The second-order valence-electron chi connectivity index (χ2n) is 7.62. The summed E-state index contributed by atoms with van der Waals surface area (Å²) in [6.07, 6.45) is 6.44. The SMILES string of the molecule is COc1ccc(CC(=O)N2CCC(Cn3ccnc3-c3ccccc3)CC2)cc1. The van der Waals surface area contributed by atoms with Crippen molar-refractivity contribution in [1.82, 2.24) is 14.5 Å². The summed E-state index contributed by atoms with van der Waals surface area (Å²) < 4.78 is 7.42. The molecule has 0 radical (unpaired) electrons. The number of imidazole rings is 1. The number of carbonyl (C=O) groups excluding carboxylic acids is 1. The number of methoxy groups -OCH3 is 1. The number of nitrogens with zero attached hydrogens (tertiary/aromatic N) is 3. The molecule has 0 spiro atoms. The van der Waals surface area contributed by atoms with Crippen LogP contribution in [0.25, 0.3) is 11.4 Å². The Hall–Kier alpha value is -3.08. The van der Waals surface area contributed by atoms with Gasteiger partial charge in [0, 0.05) is 37.6 Å². The number of piperidine rings is 1. The highest BCUT2D eigenvalue weighted by Crippen LogP contribution is 2.24. The third-order valence-electron chi connectivity index (χ3n) is 5.68. The Morgan fingerprint density at radius 2 is 1.79 bits per heavy atom. The number of amides is 1. The number of aromatic nitrogens is 2. The summed E-state index contributed by atoms with van der Waals surface area (Å²) >= 11 is 0. The van der Waals surface area contributed by atoms with E-state index in [0.29, 0.717) is 12.3 Å². The van der Waals surface area contributed by atoms with E-state index in [4.69, 9.17) is 4.74 Å². The van der Waals surface area contributed by atoms with Gasteiger partial charge in [-0.1, -0.05) is 42.5 Å². The minimum absolute atomic E-state index is 0.209. The molecule has 1 saturated heterocycles. The fourth-order valence-electron chi connectivity index (χ4n) is 3.98. The van der Waals surface area contributed by atoms with Crippen molar-refractivity contribution in [1.29, 1.82) is 0 Å². The molecule has 1 fully saturated rings. The van der Waals surface area contributed by atoms with Crippen LogP contribution >= 0.6 is 0 Å². The average Bonchev–Trinajstić information content (AvgIpc) is 3.23. The molecule has 1 aliphatic heterocycles. The lowest BCUT2D eigenvalue weighted by Crippen LogP contribution is -2.40. The van der Waals surface area contributed by atoms with E-state index in [2.05, 4.69) is 27.9 Å². The van der Waals surface area contributed by atoms with Gasteiger partial charge in [0.2, 0.25) is 5.91 Å². The van der Waals surface area contributed by atoms with Crippen LogP contribution < -0.4 is 4.74 Å². The van der Waals surface area contributed by atoms with E-state index in [-0.39, 0.29) is 5.91 Å². The minimum atomic E-state index is 0.209. The first-order valence-corrected chi connectivity index (χ1v) is 10.2. The van der Waals surface area contributed by atoms with Crippen molar-refractivity contribution in [2.24, 2.45) is 5.92 Å². The lowest BCUT2D eigenvalue weighted by Gasteiger charge is -2.32. The van der Waals surface area contributed by atoms with Gasteiger partial charge in [-0.25, -0.2) is 4.98 Å². The fourth-order valence-corrected chi connectivity index (χ4v) is 3.98. The van der Waals surface area contributed by atoms with Crippen LogP contribution in [0.4, 0.5) is 0 Å². The zero-order valence-electron chi connectivity index (χ0n) is 16.8. The summed E-state index contributed by atoms with van der Waals surface area (Å²) in [7, 11) is 1.65. The van der Waals surface area contributed by atoms with E-state index >= 15 is 0 Å². The standard InChI is InChI=1S/C24H27N3O2/c1-29-22-9-7-19(8-10-22)17-23(28)26-14-11-20(12-15-26)18-27-16-13-25-24(27)21-5-3-2-4-6-21/h2-10,13,16,20H,11-12,14-15,17-18H2,1H3. The van der Waals surface area contributed by atoms with E-state index in [1.54, 1.807) is 7.11 Å². The third kappa shape index (κ3) is 4.67. The smallest absolute Gasteiger partial charge is 0.226 e. The van der Waals surface area contributed by atoms with E-state index in [0.717, 1.165) is 55.2 Å². The average molecular weight is 389 g/mol. The Labute approximate surface area is 171 Å². The first-order chi connectivity index (χ1) is 14.2. The molecule has 1 aromatic heterocycles. The molecule has 4 rings (SSSR count). The molecule has 2 aromatic carbocycles. The largest absolute Gasteiger partial charge is 0.497 e. The molecule has 2 heterocycles. The maximum Gasteiger partial charge on any atom is 0.226 e. The van der Waals surface area contributed by atoms with Gasteiger partial charge in [-0.2, -0.15) is 0 Å². The van der Waals surface area contributed by atoms with E-state index in [1.807, 2.05) is 53.6 Å². The highest BCUT2D eigenvalue weighted by atomic mass is 16.5. The number of benzene rings is 2. The molecule has 5 heteroatoms. The second-order valence-corrected chi connectivity index (χ2v) is 7.62. The molecule has 0 atom stereocenters. The molecule has 150 valence electrons. The van der Waals surface area contributed by atoms with Crippen molar-refractivity contribution in [2.75, 3.05) is 20.2 Å². The molecule has 5 nitrogen and oxygen atoms in total. The molecule has 1 amide bonds. The number of likely N-dealkylation sites (tertiary alicyclic amines) is 1. The van der Waals surface area contributed by atoms with Crippen LogP contribution in [0, 0.1) is 5.92 Å². The summed E-state index contributed by atoms with van der Waals surface area (Å²) in [5.74, 6) is 2.61. The van der Waals surface area contributed by atoms with E-state index in [9.17, 15) is 4.79 Å². The van der Waals surface area contributed by atoms with Crippen molar-refractivity contribution < 1.29 is 9.53 Å². The Bertz CT molecular complexity index is 926. The van der Waals surface area contributed by atoms with Gasteiger partial charge in [-0.05, 0) is 36.5 Å². The topological polar surface area (TPSA) is 47.4 Å². The van der Waals surface area contributed by atoms with Gasteiger partial charge in [0.25, 0.3) is 0 Å². The van der Waals surface area contributed by atoms with Crippen LogP contribution in [0.5, 0.6) is 5.75 Å². The van der Waals surface area contributed by atoms with Crippen molar-refractivity contribution in [3.8, 4) is 17.1 Å². The summed E-state index contributed by atoms with van der Waals surface area (Å²) in [6.45, 7) is 2.61. The first-order valence-electron chi connectivity index (χ1n) is 10.2. The molecular formula is C24H27N3O2. The van der Waals surface area contributed by atoms with Crippen molar-refractivity contribution >= 4 is 5.91 Å². The quantitative estimate of drug-likeness (QED) is 0.639. The Morgan fingerprint density at radius 1 is 1.07 bits per heavy atom. The van der Waals surface area contributed by atoms with Gasteiger partial charge in [0.15, 0.2) is 0 Å². The summed E-state index contributed by atoms with van der Waals surface area (Å²) in [6, 6.07) is 18.0.